The van der Waals surface area contributed by atoms with E-state index in [-0.39, 0.29) is 80.8 Å². The van der Waals surface area contributed by atoms with E-state index in [4.69, 9.17) is 44.8 Å². The Balaban J connectivity index is 0.000000323. The highest BCUT2D eigenvalue weighted by molar-refractivity contribution is 9.09. The molecule has 1 saturated carbocycles. The van der Waals surface area contributed by atoms with Gasteiger partial charge in [0.2, 0.25) is 0 Å². The van der Waals surface area contributed by atoms with E-state index < -0.39 is 27.9 Å². The van der Waals surface area contributed by atoms with Gasteiger partial charge in [0.05, 0.1) is 85.6 Å². The van der Waals surface area contributed by atoms with Gasteiger partial charge in [-0.05, 0) is 329 Å². The number of hydrogen-bond donors (Lipinski definition) is 1. The van der Waals surface area contributed by atoms with Crippen LogP contribution in [0.4, 0.5) is 0 Å². The van der Waals surface area contributed by atoms with E-state index in [1.807, 2.05) is 101 Å². The van der Waals surface area contributed by atoms with Crippen molar-refractivity contribution in [1.82, 2.24) is 0 Å². The Bertz CT molecular complexity index is 3880. The number of ether oxygens (including phenoxy) is 7. The van der Waals surface area contributed by atoms with E-state index in [0.29, 0.717) is 49.7 Å². The van der Waals surface area contributed by atoms with Crippen molar-refractivity contribution in [2.75, 3.05) is 39.6 Å². The normalized spacial score (nSPS) is 29.3. The summed E-state index contributed by atoms with van der Waals surface area (Å²) in [5, 5.41) is 12.9. The first-order valence-electron chi connectivity index (χ1n) is 43.8. The zero-order valence-electron chi connectivity index (χ0n) is 79.5. The number of allylic oxidation sites excluding steroid dienone is 28. The smallest absolute Gasteiger partial charge is 0.184 e. The fourth-order valence-electron chi connectivity index (χ4n) is 19.0. The number of aliphatic hydroxyl groups is 1. The van der Waals surface area contributed by atoms with Gasteiger partial charge in [0.1, 0.15) is 23.0 Å². The standard InChI is InChI=1S/C35H52O4.C23H36O3.C23H36O2.C10H17BrO.C8H12O.C5H9Cl/c1-22(2)13-12-19-33(11)27(16-14-23(3)4)21-34(20-18-25(7)8)30(37)28(17-15-24(5)6)31(38)35(33,32(34)39)29(36)26(9)10;1-17(2)10-9-14-22(5)21(26-22)16-23(15-13-18(3)4)19(24-6)11-8-12-20(23)25-7;1-16(2)9-8-13-21(5)18-10-11-19(24-7)23(14-12-17(3)4)15-20(21)25-22(18,23)6;1-8(2)5-4-6-10(3)9(7-11)12-10;1-7-4-3-5-8(6-7)9-2;1-5(2)3-4-6/h13-15,18,26-27,37H,12,16-17,19-21H2,1-11H3;10-13,21H,8-9,14-16H2,1-7H3;9,11-12,18,20H,8,10,13-15H2,1-7H3;5,9H,4,6-7H2,1-3H3;4-5H,3,6H2,1-2H3;3H,4H2,1-2H3/t;21-,22-;18-,20-,21?,22+,23-;9?,10-;;/m.010../s1. The first kappa shape index (κ1) is 104. The summed E-state index contributed by atoms with van der Waals surface area (Å²) in [7, 11) is 7.09. The molecule has 11 nitrogen and oxygen atoms in total. The lowest BCUT2D eigenvalue weighted by Gasteiger charge is -2.61. The number of aliphatic hydroxyl groups excluding tert-OH is 1. The van der Waals surface area contributed by atoms with E-state index in [1.54, 1.807) is 35.2 Å². The molecule has 0 spiro atoms. The van der Waals surface area contributed by atoms with Crippen molar-refractivity contribution in [3.8, 4) is 0 Å². The summed E-state index contributed by atoms with van der Waals surface area (Å²) < 4.78 is 41.2. The number of methoxy groups -OCH3 is 4. The SMILES string of the molecule is CC(C)=CCCC1(C)C(CC=C(C)C)CC2(CC=C(C)C)C(=O)C1(C(=O)C(C)C)C(=O)C(CC=C(C)C)=C2O.CC(C)=CCC[C@]1(C)OC1CBr.CC(C)=CCCl.COC1=CCC=C(C)C1.COC1=CCC=C(OC)C1(CC=C(C)C)C[C@@H]1O[C@@]1(C)CCC=C(C)C.COC1=CC[C@@H]2C(C)(CCC=C(C)C)[C@H]3C[C@@]1(CC=C(C)C)[C@@]2(C)O3. The third kappa shape index (κ3) is 25.8. The monoisotopic (exact) mass is 1700 g/mol. The van der Waals surface area contributed by atoms with Crippen LogP contribution in [0.3, 0.4) is 0 Å². The zero-order valence-corrected chi connectivity index (χ0v) is 81.8. The number of ketones is 3. The second-order valence-electron chi connectivity index (χ2n) is 38.8. The topological polar surface area (TPSA) is 143 Å². The van der Waals surface area contributed by atoms with Gasteiger partial charge < -0.3 is 38.3 Å². The molecular weight excluding hydrogens is 1540 g/mol. The van der Waals surface area contributed by atoms with E-state index in [0.717, 1.165) is 129 Å². The van der Waals surface area contributed by atoms with Gasteiger partial charge in [-0.15, -0.1) is 11.6 Å². The summed E-state index contributed by atoms with van der Waals surface area (Å²) in [6.07, 6.45) is 51.3. The predicted octanol–water partition coefficient (Wildman–Crippen LogP) is 29.0. The lowest BCUT2D eigenvalue weighted by molar-refractivity contribution is -0.180. The van der Waals surface area contributed by atoms with Crippen LogP contribution in [0.25, 0.3) is 0 Å². The molecule has 0 aromatic heterocycles. The van der Waals surface area contributed by atoms with Crippen molar-refractivity contribution in [1.29, 1.82) is 0 Å². The van der Waals surface area contributed by atoms with Crippen molar-refractivity contribution in [3.63, 3.8) is 0 Å². The third-order valence-electron chi connectivity index (χ3n) is 26.4. The average molecular weight is 1700 g/mol. The van der Waals surface area contributed by atoms with Crippen molar-refractivity contribution in [3.05, 3.63) is 187 Å². The Morgan fingerprint density at radius 3 is 1.44 bits per heavy atom. The van der Waals surface area contributed by atoms with Crippen molar-refractivity contribution in [2.45, 2.75) is 357 Å². The van der Waals surface area contributed by atoms with Gasteiger partial charge in [0, 0.05) is 35.0 Å². The molecule has 4 aliphatic heterocycles. The molecule has 5 aliphatic carbocycles. The number of carbonyl (C=O) groups is 3. The maximum Gasteiger partial charge on any atom is 0.184 e. The van der Waals surface area contributed by atoms with Gasteiger partial charge in [0.15, 0.2) is 22.8 Å². The van der Waals surface area contributed by atoms with Crippen LogP contribution in [0.15, 0.2) is 187 Å². The lowest BCUT2D eigenvalue weighted by Crippen LogP contribution is -2.71. The molecule has 13 heteroatoms. The molecule has 0 radical (unpaired) electrons. The van der Waals surface area contributed by atoms with Crippen LogP contribution in [0.2, 0.25) is 0 Å². The maximum absolute atomic E-state index is 15.0. The molecule has 4 saturated heterocycles. The second kappa shape index (κ2) is 45.6. The number of epoxide rings is 2. The third-order valence-corrected chi connectivity index (χ3v) is 27.1. The van der Waals surface area contributed by atoms with Crippen LogP contribution in [0.5, 0.6) is 0 Å². The Morgan fingerprint density at radius 1 is 0.547 bits per heavy atom. The Hall–Kier alpha value is -5.50. The van der Waals surface area contributed by atoms with Crippen LogP contribution in [-0.2, 0) is 47.5 Å². The lowest BCUT2D eigenvalue weighted by atomic mass is 9.38. The van der Waals surface area contributed by atoms with Gasteiger partial charge in [-0.1, -0.05) is 172 Å². The predicted molar refractivity (Wildman–Crippen MR) is 498 cm³/mol. The van der Waals surface area contributed by atoms with Crippen LogP contribution < -0.4 is 0 Å². The first-order valence-corrected chi connectivity index (χ1v) is 45.5. The van der Waals surface area contributed by atoms with Gasteiger partial charge >= 0.3 is 0 Å². The summed E-state index contributed by atoms with van der Waals surface area (Å²) in [4.78, 5) is 44.3. The molecule has 0 aromatic rings. The summed E-state index contributed by atoms with van der Waals surface area (Å²) in [5.41, 5.74) is 10.2. The molecule has 0 amide bonds. The quantitative estimate of drug-likeness (QED) is 0.0298. The van der Waals surface area contributed by atoms with E-state index in [1.165, 1.54) is 51.0 Å². The number of fused-ring (bicyclic) bond motifs is 3. The second-order valence-corrected chi connectivity index (χ2v) is 39.8. The highest BCUT2D eigenvalue weighted by Gasteiger charge is 2.77. The molecule has 5 fully saturated rings. The minimum absolute atomic E-state index is 0.0165. The van der Waals surface area contributed by atoms with Gasteiger partial charge in [-0.2, -0.15) is 0 Å². The fourth-order valence-corrected chi connectivity index (χ4v) is 20.2. The molecule has 658 valence electrons. The summed E-state index contributed by atoms with van der Waals surface area (Å²) in [6.45, 7) is 58.7. The van der Waals surface area contributed by atoms with Crippen molar-refractivity contribution < 1.29 is 52.6 Å². The number of hydrogen-bond acceptors (Lipinski definition) is 11. The highest BCUT2D eigenvalue weighted by atomic mass is 79.9. The van der Waals surface area contributed by atoms with E-state index in [9.17, 15) is 19.5 Å². The highest BCUT2D eigenvalue weighted by Crippen LogP contribution is 2.73. The minimum Gasteiger partial charge on any atom is -0.511 e. The number of alkyl halides is 2. The average Bonchev–Trinajstić information content (AvgIpc) is 1.66. The van der Waals surface area contributed by atoms with Crippen molar-refractivity contribution >= 4 is 44.9 Å². The first-order chi connectivity index (χ1) is 54.6. The summed E-state index contributed by atoms with van der Waals surface area (Å²) >= 11 is 8.75. The fraction of sp³-hybridized carbons (Fsp3) is 0.663. The van der Waals surface area contributed by atoms with Crippen LogP contribution in [0, 0.1) is 50.2 Å². The van der Waals surface area contributed by atoms with E-state index in [2.05, 4.69) is 193 Å². The van der Waals surface area contributed by atoms with Gasteiger partial charge in [-0.3, -0.25) is 14.4 Å². The Kier molecular flexibility index (Phi) is 40.5. The summed E-state index contributed by atoms with van der Waals surface area (Å²) in [5.74, 6) is 3.58. The number of rotatable bonds is 32. The van der Waals surface area contributed by atoms with E-state index >= 15 is 0 Å². The molecule has 13 atom stereocenters. The Labute approximate surface area is 727 Å². The molecule has 117 heavy (non-hydrogen) atoms. The van der Waals surface area contributed by atoms with Crippen LogP contribution >= 0.6 is 27.5 Å². The molecule has 6 unspecified atom stereocenters. The van der Waals surface area contributed by atoms with Gasteiger partial charge in [-0.25, -0.2) is 0 Å². The number of Topliss-reactive ketones (excluding diaryl/α,β-unsaturated/α-hetero) is 3. The molecule has 4 bridgehead atoms. The number of halogens is 2. The molecule has 9 aliphatic rings. The Morgan fingerprint density at radius 2 is 1.01 bits per heavy atom. The molecule has 9 rings (SSSR count). The van der Waals surface area contributed by atoms with Crippen molar-refractivity contribution in [2.24, 2.45) is 50.2 Å². The molecule has 0 aromatic carbocycles. The largest absolute Gasteiger partial charge is 0.511 e. The minimum atomic E-state index is -1.83. The molecule has 1 N–H and O–H groups in total. The maximum atomic E-state index is 15.0. The zero-order chi connectivity index (χ0) is 88.6. The van der Waals surface area contributed by atoms with Crippen LogP contribution in [-0.4, -0.2) is 97.2 Å². The number of carbonyl (C=O) groups excluding carboxylic acids is 3. The van der Waals surface area contributed by atoms with Gasteiger partial charge in [0.25, 0.3) is 0 Å². The van der Waals surface area contributed by atoms with Crippen LogP contribution in [0.1, 0.15) is 322 Å². The molecule has 4 heterocycles. The molecular formula is C104H162BrClO11. The summed E-state index contributed by atoms with van der Waals surface area (Å²) in [6, 6.07) is 0.